The van der Waals surface area contributed by atoms with E-state index in [1.807, 2.05) is 25.1 Å². The van der Waals surface area contributed by atoms with Crippen molar-refractivity contribution in [3.63, 3.8) is 0 Å². The highest BCUT2D eigenvalue weighted by molar-refractivity contribution is 6.30. The van der Waals surface area contributed by atoms with Crippen LogP contribution in [0.1, 0.15) is 11.4 Å². The summed E-state index contributed by atoms with van der Waals surface area (Å²) >= 11 is 6.20. The third-order valence-electron chi connectivity index (χ3n) is 3.76. The average molecular weight is 368 g/mol. The summed E-state index contributed by atoms with van der Waals surface area (Å²) in [6.45, 7) is 2.20. The molecule has 4 rings (SSSR count). The summed E-state index contributed by atoms with van der Waals surface area (Å²) in [6.07, 6.45) is 1.71. The van der Waals surface area contributed by atoms with Gasteiger partial charge in [0.2, 0.25) is 5.82 Å². The van der Waals surface area contributed by atoms with Gasteiger partial charge in [0, 0.05) is 10.6 Å². The van der Waals surface area contributed by atoms with Crippen molar-refractivity contribution < 1.29 is 4.74 Å². The standard InChI is InChI=1S/C17H14ClN7O/c1-11-3-2-4-12(7-11)15-9-19-24-25(15)14-8-13(18)5-6-16(14)26-10-17-20-22-23-21-17/h2-9H,10H2,1H3,(H,20,21,22,23). The Hall–Kier alpha value is -3.26. The van der Waals surface area contributed by atoms with Crippen LogP contribution in [0.25, 0.3) is 16.9 Å². The minimum Gasteiger partial charge on any atom is -0.483 e. The molecule has 2 heterocycles. The molecule has 9 heteroatoms. The van der Waals surface area contributed by atoms with Crippen LogP contribution in [0.15, 0.2) is 48.7 Å². The summed E-state index contributed by atoms with van der Waals surface area (Å²) < 4.78 is 7.54. The van der Waals surface area contributed by atoms with Crippen molar-refractivity contribution >= 4 is 11.6 Å². The molecule has 0 amide bonds. The van der Waals surface area contributed by atoms with Gasteiger partial charge in [0.15, 0.2) is 6.61 Å². The molecular weight excluding hydrogens is 354 g/mol. The van der Waals surface area contributed by atoms with Crippen LogP contribution in [0, 0.1) is 6.92 Å². The SMILES string of the molecule is Cc1cccc(-c2cnnn2-c2cc(Cl)ccc2OCc2nn[nH]n2)c1. The molecule has 0 unspecified atom stereocenters. The predicted octanol–water partition coefficient (Wildman–Crippen LogP) is 2.99. The third-order valence-corrected chi connectivity index (χ3v) is 3.99. The van der Waals surface area contributed by atoms with Crippen LogP contribution in [-0.2, 0) is 6.61 Å². The highest BCUT2D eigenvalue weighted by Gasteiger charge is 2.15. The second kappa shape index (κ2) is 6.93. The minimum absolute atomic E-state index is 0.166. The Balaban J connectivity index is 1.74. The van der Waals surface area contributed by atoms with Crippen molar-refractivity contribution in [1.29, 1.82) is 0 Å². The zero-order valence-electron chi connectivity index (χ0n) is 13.8. The quantitative estimate of drug-likeness (QED) is 0.582. The Morgan fingerprint density at radius 1 is 1.19 bits per heavy atom. The van der Waals surface area contributed by atoms with E-state index in [4.69, 9.17) is 16.3 Å². The first-order chi connectivity index (χ1) is 12.7. The van der Waals surface area contributed by atoms with Gasteiger partial charge in [-0.25, -0.2) is 4.68 Å². The van der Waals surface area contributed by atoms with Gasteiger partial charge in [0.05, 0.1) is 11.9 Å². The van der Waals surface area contributed by atoms with Crippen LogP contribution in [0.3, 0.4) is 0 Å². The van der Waals surface area contributed by atoms with Gasteiger partial charge in [-0.3, -0.25) is 0 Å². The first-order valence-electron chi connectivity index (χ1n) is 7.83. The maximum absolute atomic E-state index is 6.20. The third kappa shape index (κ3) is 3.27. The fourth-order valence-electron chi connectivity index (χ4n) is 2.58. The second-order valence-electron chi connectivity index (χ2n) is 5.63. The van der Waals surface area contributed by atoms with Crippen LogP contribution in [0.2, 0.25) is 5.02 Å². The molecule has 0 spiro atoms. The molecule has 4 aromatic rings. The Bertz CT molecular complexity index is 1030. The van der Waals surface area contributed by atoms with E-state index in [9.17, 15) is 0 Å². The summed E-state index contributed by atoms with van der Waals surface area (Å²) in [5.74, 6) is 1.03. The zero-order chi connectivity index (χ0) is 17.9. The molecule has 0 aliphatic heterocycles. The molecule has 2 aromatic carbocycles. The van der Waals surface area contributed by atoms with Crippen molar-refractivity contribution in [1.82, 2.24) is 35.6 Å². The number of nitrogens with zero attached hydrogens (tertiary/aromatic N) is 6. The number of rotatable bonds is 5. The van der Waals surface area contributed by atoms with Gasteiger partial charge in [-0.1, -0.05) is 45.8 Å². The van der Waals surface area contributed by atoms with E-state index in [1.165, 1.54) is 0 Å². The highest BCUT2D eigenvalue weighted by Crippen LogP contribution is 2.30. The van der Waals surface area contributed by atoms with Crippen LogP contribution >= 0.6 is 11.6 Å². The number of nitrogens with one attached hydrogen (secondary N) is 1. The number of aromatic amines is 1. The number of halogens is 1. The van der Waals surface area contributed by atoms with Crippen molar-refractivity contribution in [2.75, 3.05) is 0 Å². The van der Waals surface area contributed by atoms with Gasteiger partial charge < -0.3 is 4.74 Å². The topological polar surface area (TPSA) is 94.4 Å². The van der Waals surface area contributed by atoms with Crippen LogP contribution < -0.4 is 4.74 Å². The Labute approximate surface area is 153 Å². The maximum Gasteiger partial charge on any atom is 0.211 e. The number of tetrazole rings is 1. The number of benzene rings is 2. The van der Waals surface area contributed by atoms with Gasteiger partial charge in [-0.05, 0) is 31.2 Å². The van der Waals surface area contributed by atoms with E-state index in [2.05, 4.69) is 37.0 Å². The predicted molar refractivity (Wildman–Crippen MR) is 95.1 cm³/mol. The number of ether oxygens (including phenoxy) is 1. The van der Waals surface area contributed by atoms with Crippen LogP contribution in [0.5, 0.6) is 5.75 Å². The summed E-state index contributed by atoms with van der Waals surface area (Å²) in [5.41, 5.74) is 3.66. The number of H-pyrrole nitrogens is 1. The van der Waals surface area contributed by atoms with Gasteiger partial charge >= 0.3 is 0 Å². The molecule has 0 radical (unpaired) electrons. The highest BCUT2D eigenvalue weighted by atomic mass is 35.5. The van der Waals surface area contributed by atoms with Gasteiger partial charge in [-0.15, -0.1) is 15.3 Å². The van der Waals surface area contributed by atoms with Crippen molar-refractivity contribution in [2.24, 2.45) is 0 Å². The second-order valence-corrected chi connectivity index (χ2v) is 6.07. The van der Waals surface area contributed by atoms with E-state index >= 15 is 0 Å². The molecule has 0 aliphatic carbocycles. The summed E-state index contributed by atoms with van der Waals surface area (Å²) in [6, 6.07) is 13.4. The minimum atomic E-state index is 0.166. The Kier molecular flexibility index (Phi) is 4.32. The van der Waals surface area contributed by atoms with Gasteiger partial charge in [0.1, 0.15) is 11.4 Å². The van der Waals surface area contributed by atoms with E-state index in [1.54, 1.807) is 29.1 Å². The first-order valence-corrected chi connectivity index (χ1v) is 8.21. The largest absolute Gasteiger partial charge is 0.483 e. The summed E-state index contributed by atoms with van der Waals surface area (Å²) in [7, 11) is 0. The summed E-state index contributed by atoms with van der Waals surface area (Å²) in [4.78, 5) is 0. The average Bonchev–Trinajstić information content (AvgIpc) is 3.32. The lowest BCUT2D eigenvalue weighted by molar-refractivity contribution is 0.294. The molecule has 26 heavy (non-hydrogen) atoms. The molecule has 0 atom stereocenters. The molecule has 0 bridgehead atoms. The van der Waals surface area contributed by atoms with E-state index in [0.717, 1.165) is 16.8 Å². The number of aryl methyl sites for hydroxylation is 1. The van der Waals surface area contributed by atoms with Crippen molar-refractivity contribution in [2.45, 2.75) is 13.5 Å². The van der Waals surface area contributed by atoms with E-state index < -0.39 is 0 Å². The molecule has 2 aromatic heterocycles. The Morgan fingerprint density at radius 2 is 2.12 bits per heavy atom. The number of hydrogen-bond donors (Lipinski definition) is 1. The fourth-order valence-corrected chi connectivity index (χ4v) is 2.74. The maximum atomic E-state index is 6.20. The Morgan fingerprint density at radius 3 is 2.92 bits per heavy atom. The van der Waals surface area contributed by atoms with Crippen LogP contribution in [0.4, 0.5) is 0 Å². The number of hydrogen-bond acceptors (Lipinski definition) is 6. The zero-order valence-corrected chi connectivity index (χ0v) is 14.6. The molecule has 0 saturated heterocycles. The van der Waals surface area contributed by atoms with Gasteiger partial charge in [0.25, 0.3) is 0 Å². The molecule has 0 saturated carbocycles. The lowest BCUT2D eigenvalue weighted by atomic mass is 10.1. The number of aromatic nitrogens is 7. The first kappa shape index (κ1) is 16.2. The smallest absolute Gasteiger partial charge is 0.211 e. The van der Waals surface area contributed by atoms with E-state index in [0.29, 0.717) is 22.3 Å². The molecule has 8 nitrogen and oxygen atoms in total. The molecule has 0 fully saturated rings. The molecular formula is C17H14ClN7O. The lowest BCUT2D eigenvalue weighted by Gasteiger charge is -2.13. The fraction of sp³-hybridized carbons (Fsp3) is 0.118. The van der Waals surface area contributed by atoms with Crippen molar-refractivity contribution in [3.8, 4) is 22.7 Å². The van der Waals surface area contributed by atoms with Gasteiger partial charge in [-0.2, -0.15) is 5.21 Å². The van der Waals surface area contributed by atoms with E-state index in [-0.39, 0.29) is 6.61 Å². The van der Waals surface area contributed by atoms with Crippen LogP contribution in [-0.4, -0.2) is 35.6 Å². The lowest BCUT2D eigenvalue weighted by Crippen LogP contribution is -2.05. The molecule has 130 valence electrons. The summed E-state index contributed by atoms with van der Waals surface area (Å²) in [5, 5.41) is 22.5. The monoisotopic (exact) mass is 367 g/mol. The molecule has 1 N–H and O–H groups in total. The normalized spacial score (nSPS) is 10.8. The molecule has 0 aliphatic rings. The van der Waals surface area contributed by atoms with Crippen molar-refractivity contribution in [3.05, 3.63) is 65.1 Å².